The van der Waals surface area contributed by atoms with Gasteiger partial charge in [0, 0.05) is 11.5 Å². The Balaban J connectivity index is 1.54. The van der Waals surface area contributed by atoms with Gasteiger partial charge in [-0.05, 0) is 85.9 Å². The van der Waals surface area contributed by atoms with Crippen LogP contribution in [0.4, 0.5) is 0 Å². The van der Waals surface area contributed by atoms with E-state index in [0.717, 1.165) is 25.2 Å². The predicted octanol–water partition coefficient (Wildman–Crippen LogP) is 6.68. The minimum absolute atomic E-state index is 0.120. The first-order valence-corrected chi connectivity index (χ1v) is 14.4. The summed E-state index contributed by atoms with van der Waals surface area (Å²) in [5, 5.41) is 0.273. The Bertz CT molecular complexity index is 727. The number of ketones is 1. The Morgan fingerprint density at radius 3 is 2.46 bits per heavy atom. The molecule has 2 fully saturated rings. The molecule has 2 nitrogen and oxygen atoms in total. The smallest absolute Gasteiger partial charge is 0.192 e. The molecule has 0 amide bonds. The van der Waals surface area contributed by atoms with Gasteiger partial charge in [0.05, 0.1) is 0 Å². The van der Waals surface area contributed by atoms with E-state index in [9.17, 15) is 4.79 Å². The first kappa shape index (κ1) is 20.6. The van der Waals surface area contributed by atoms with Crippen LogP contribution in [0.15, 0.2) is 23.8 Å². The lowest BCUT2D eigenvalue weighted by molar-refractivity contribution is -0.129. The summed E-state index contributed by atoms with van der Waals surface area (Å²) < 4.78 is 6.81. The van der Waals surface area contributed by atoms with Gasteiger partial charge in [-0.3, -0.25) is 4.79 Å². The topological polar surface area (TPSA) is 26.3 Å². The van der Waals surface area contributed by atoms with Crippen molar-refractivity contribution in [3.63, 3.8) is 0 Å². The Kier molecular flexibility index (Phi) is 4.71. The summed E-state index contributed by atoms with van der Waals surface area (Å²) in [6.07, 6.45) is 14.1. The molecule has 3 heteroatoms. The van der Waals surface area contributed by atoms with Crippen molar-refractivity contribution < 1.29 is 9.22 Å². The van der Waals surface area contributed by atoms with Gasteiger partial charge >= 0.3 is 0 Å². The highest BCUT2D eigenvalue weighted by Crippen LogP contribution is 2.63. The fraction of sp³-hybridized carbons (Fsp3) is 0.800. The minimum atomic E-state index is -1.72. The monoisotopic (exact) mass is 400 g/mol. The molecule has 0 aromatic carbocycles. The molecule has 0 heterocycles. The number of hydrogen-bond donors (Lipinski definition) is 0. The molecule has 0 saturated heterocycles. The lowest BCUT2D eigenvalue weighted by Gasteiger charge is -2.57. The zero-order valence-electron chi connectivity index (χ0n) is 19.1. The van der Waals surface area contributed by atoms with Crippen LogP contribution in [0.1, 0.15) is 73.1 Å². The van der Waals surface area contributed by atoms with Gasteiger partial charge in [0.1, 0.15) is 0 Å². The minimum Gasteiger partial charge on any atom is -0.414 e. The Morgan fingerprint density at radius 1 is 1.11 bits per heavy atom. The van der Waals surface area contributed by atoms with Crippen molar-refractivity contribution in [3.05, 3.63) is 23.8 Å². The van der Waals surface area contributed by atoms with E-state index in [-0.39, 0.29) is 10.5 Å². The largest absolute Gasteiger partial charge is 0.414 e. The van der Waals surface area contributed by atoms with Crippen molar-refractivity contribution in [2.45, 2.75) is 97.4 Å². The van der Waals surface area contributed by atoms with E-state index in [4.69, 9.17) is 4.43 Å². The normalized spacial score (nSPS) is 43.2. The van der Waals surface area contributed by atoms with Crippen molar-refractivity contribution in [3.8, 4) is 0 Å². The van der Waals surface area contributed by atoms with Crippen LogP contribution in [0.25, 0.3) is 0 Å². The predicted molar refractivity (Wildman–Crippen MR) is 119 cm³/mol. The molecule has 0 aromatic rings. The summed E-state index contributed by atoms with van der Waals surface area (Å²) in [6.45, 7) is 16.5. The number of carbonyl (C=O) groups is 1. The SMILES string of the molecule is CC(C)(C)[Si](C)(C)O[C@H]1CC[C@@]2(C)C(=CCC3C2CC[C@]2(C)C(=O)C=CC32)C1. The van der Waals surface area contributed by atoms with Gasteiger partial charge in [-0.15, -0.1) is 0 Å². The molecule has 0 bridgehead atoms. The van der Waals surface area contributed by atoms with Crippen LogP contribution in [0.3, 0.4) is 0 Å². The van der Waals surface area contributed by atoms with Gasteiger partial charge in [0.2, 0.25) is 0 Å². The number of fused-ring (bicyclic) bond motifs is 5. The maximum absolute atomic E-state index is 12.5. The molecular weight excluding hydrogens is 360 g/mol. The van der Waals surface area contributed by atoms with E-state index in [1.807, 2.05) is 6.08 Å². The second kappa shape index (κ2) is 6.41. The summed E-state index contributed by atoms with van der Waals surface area (Å²) in [6, 6.07) is 0. The second-order valence-corrected chi connectivity index (χ2v) is 16.9. The maximum atomic E-state index is 12.5. The lowest BCUT2D eigenvalue weighted by Crippen LogP contribution is -2.52. The molecule has 0 N–H and O–H groups in total. The van der Waals surface area contributed by atoms with Crippen molar-refractivity contribution in [2.24, 2.45) is 28.6 Å². The lowest BCUT2D eigenvalue weighted by atomic mass is 9.48. The first-order chi connectivity index (χ1) is 12.9. The van der Waals surface area contributed by atoms with Crippen LogP contribution < -0.4 is 0 Å². The van der Waals surface area contributed by atoms with Crippen LogP contribution in [-0.4, -0.2) is 20.2 Å². The van der Waals surface area contributed by atoms with Crippen LogP contribution in [0.5, 0.6) is 0 Å². The van der Waals surface area contributed by atoms with Gasteiger partial charge in [-0.2, -0.15) is 0 Å². The molecule has 4 aliphatic carbocycles. The molecule has 0 radical (unpaired) electrons. The van der Waals surface area contributed by atoms with Gasteiger partial charge in [0.15, 0.2) is 14.1 Å². The van der Waals surface area contributed by atoms with Crippen LogP contribution in [-0.2, 0) is 9.22 Å². The van der Waals surface area contributed by atoms with E-state index >= 15 is 0 Å². The molecule has 28 heavy (non-hydrogen) atoms. The highest BCUT2D eigenvalue weighted by molar-refractivity contribution is 6.74. The molecule has 0 spiro atoms. The zero-order chi connectivity index (χ0) is 20.5. The van der Waals surface area contributed by atoms with E-state index in [0.29, 0.717) is 29.1 Å². The van der Waals surface area contributed by atoms with Crippen molar-refractivity contribution >= 4 is 14.1 Å². The standard InChI is InChI=1S/C25H40O2Si/c1-23(2,3)28(6,7)27-18-12-14-24(4)17(16-18)8-9-19-20-10-11-22(26)25(20,5)15-13-21(19)24/h8,10-11,18-21H,9,12-16H2,1-7H3/t18-,19?,20?,21?,24-,25-/m0/s1. The van der Waals surface area contributed by atoms with Crippen LogP contribution in [0.2, 0.25) is 18.1 Å². The third-order valence-electron chi connectivity index (χ3n) is 9.60. The van der Waals surface area contributed by atoms with E-state index in [1.54, 1.807) is 5.57 Å². The highest BCUT2D eigenvalue weighted by Gasteiger charge is 2.57. The molecule has 2 saturated carbocycles. The summed E-state index contributed by atoms with van der Waals surface area (Å²) in [5.74, 6) is 2.21. The fourth-order valence-electron chi connectivity index (χ4n) is 6.60. The molecular formula is C25H40O2Si. The van der Waals surface area contributed by atoms with E-state index < -0.39 is 8.32 Å². The fourth-order valence-corrected chi connectivity index (χ4v) is 7.99. The number of rotatable bonds is 2. The van der Waals surface area contributed by atoms with Crippen molar-refractivity contribution in [2.75, 3.05) is 0 Å². The molecule has 0 aliphatic heterocycles. The average Bonchev–Trinajstić information content (AvgIpc) is 2.89. The quantitative estimate of drug-likeness (QED) is 0.381. The van der Waals surface area contributed by atoms with Crippen LogP contribution in [0, 0.1) is 28.6 Å². The maximum Gasteiger partial charge on any atom is 0.192 e. The zero-order valence-corrected chi connectivity index (χ0v) is 20.1. The number of carbonyl (C=O) groups excluding carboxylic acids is 1. The van der Waals surface area contributed by atoms with Gasteiger partial charge in [0.25, 0.3) is 0 Å². The Morgan fingerprint density at radius 2 is 1.79 bits per heavy atom. The molecule has 156 valence electrons. The van der Waals surface area contributed by atoms with Gasteiger partial charge < -0.3 is 4.43 Å². The number of allylic oxidation sites excluding steroid dienone is 3. The Labute approximate surface area is 173 Å². The third-order valence-corrected chi connectivity index (χ3v) is 14.1. The summed E-state index contributed by atoms with van der Waals surface area (Å²) >= 11 is 0. The van der Waals surface area contributed by atoms with Crippen molar-refractivity contribution in [1.29, 1.82) is 0 Å². The molecule has 0 aromatic heterocycles. The highest BCUT2D eigenvalue weighted by atomic mass is 28.4. The first-order valence-electron chi connectivity index (χ1n) is 11.5. The third kappa shape index (κ3) is 2.95. The molecule has 4 rings (SSSR count). The molecule has 3 unspecified atom stereocenters. The van der Waals surface area contributed by atoms with Gasteiger partial charge in [-0.1, -0.05) is 52.3 Å². The Hall–Kier alpha value is -0.673. The summed E-state index contributed by atoms with van der Waals surface area (Å²) in [4.78, 5) is 12.5. The molecule has 6 atom stereocenters. The van der Waals surface area contributed by atoms with Crippen LogP contribution >= 0.6 is 0 Å². The summed E-state index contributed by atoms with van der Waals surface area (Å²) in [7, 11) is -1.72. The number of hydrogen-bond acceptors (Lipinski definition) is 2. The summed E-state index contributed by atoms with van der Waals surface area (Å²) in [5.41, 5.74) is 1.86. The average molecular weight is 401 g/mol. The van der Waals surface area contributed by atoms with E-state index in [2.05, 4.69) is 59.9 Å². The molecule has 4 aliphatic rings. The van der Waals surface area contributed by atoms with E-state index in [1.165, 1.54) is 19.3 Å². The second-order valence-electron chi connectivity index (χ2n) is 12.1. The van der Waals surface area contributed by atoms with Gasteiger partial charge in [-0.25, -0.2) is 0 Å². The van der Waals surface area contributed by atoms with Crippen molar-refractivity contribution in [1.82, 2.24) is 0 Å².